The number of rotatable bonds is 6. The Bertz CT molecular complexity index is 761. The Morgan fingerprint density at radius 3 is 2.40 bits per heavy atom. The van der Waals surface area contributed by atoms with Crippen molar-refractivity contribution in [2.45, 2.75) is 39.8 Å². The second-order valence-electron chi connectivity index (χ2n) is 6.15. The van der Waals surface area contributed by atoms with Crippen molar-refractivity contribution in [3.63, 3.8) is 0 Å². The number of carbonyl (C=O) groups is 1. The summed E-state index contributed by atoms with van der Waals surface area (Å²) >= 11 is 5.95. The van der Waals surface area contributed by atoms with Gasteiger partial charge in [-0.05, 0) is 57.5 Å². The molecule has 1 amide bonds. The van der Waals surface area contributed by atoms with Crippen LogP contribution in [0, 0.1) is 13.8 Å². The fourth-order valence-corrected chi connectivity index (χ4v) is 2.82. The summed E-state index contributed by atoms with van der Waals surface area (Å²) in [4.78, 5) is 12.5. The summed E-state index contributed by atoms with van der Waals surface area (Å²) in [5.74, 6) is 1.21. The van der Waals surface area contributed by atoms with Crippen molar-refractivity contribution in [2.24, 2.45) is 0 Å². The third kappa shape index (κ3) is 4.89. The maximum atomic E-state index is 12.5. The van der Waals surface area contributed by atoms with Crippen molar-refractivity contribution in [3.8, 4) is 11.5 Å². The van der Waals surface area contributed by atoms with Gasteiger partial charge in [-0.2, -0.15) is 0 Å². The molecule has 0 aliphatic carbocycles. The smallest absolute Gasteiger partial charge is 0.261 e. The van der Waals surface area contributed by atoms with Gasteiger partial charge in [0.15, 0.2) is 6.10 Å². The zero-order valence-electron chi connectivity index (χ0n) is 15.2. The molecule has 0 aromatic heterocycles. The van der Waals surface area contributed by atoms with Crippen LogP contribution in [0.5, 0.6) is 11.5 Å². The molecule has 134 valence electrons. The summed E-state index contributed by atoms with van der Waals surface area (Å²) in [5.41, 5.74) is 2.93. The molecule has 2 aromatic rings. The summed E-state index contributed by atoms with van der Waals surface area (Å²) in [6.07, 6.45) is -0.627. The lowest BCUT2D eigenvalue weighted by molar-refractivity contribution is -0.127. The maximum absolute atomic E-state index is 12.5. The maximum Gasteiger partial charge on any atom is 0.261 e. The minimum atomic E-state index is -0.627. The molecule has 5 heteroatoms. The first-order valence-electron chi connectivity index (χ1n) is 8.19. The third-order valence-electron chi connectivity index (χ3n) is 4.02. The van der Waals surface area contributed by atoms with Crippen LogP contribution in [0.2, 0.25) is 5.02 Å². The second kappa shape index (κ2) is 8.26. The highest BCUT2D eigenvalue weighted by Gasteiger charge is 2.20. The van der Waals surface area contributed by atoms with Gasteiger partial charge in [-0.3, -0.25) is 4.79 Å². The number of aryl methyl sites for hydroxylation is 2. The highest BCUT2D eigenvalue weighted by molar-refractivity contribution is 6.30. The van der Waals surface area contributed by atoms with E-state index in [0.717, 1.165) is 22.4 Å². The van der Waals surface area contributed by atoms with E-state index < -0.39 is 6.10 Å². The topological polar surface area (TPSA) is 47.6 Å². The molecule has 2 rings (SSSR count). The lowest BCUT2D eigenvalue weighted by atomic mass is 10.0. The Kier molecular flexibility index (Phi) is 6.32. The quantitative estimate of drug-likeness (QED) is 0.817. The fourth-order valence-electron chi connectivity index (χ4n) is 2.59. The Morgan fingerprint density at radius 1 is 1.08 bits per heavy atom. The van der Waals surface area contributed by atoms with Crippen LogP contribution in [0.3, 0.4) is 0 Å². The Morgan fingerprint density at radius 2 is 1.76 bits per heavy atom. The molecule has 0 saturated carbocycles. The monoisotopic (exact) mass is 361 g/mol. The normalized spacial score (nSPS) is 13.0. The van der Waals surface area contributed by atoms with Gasteiger partial charge in [-0.1, -0.05) is 29.3 Å². The minimum Gasteiger partial charge on any atom is -0.496 e. The van der Waals surface area contributed by atoms with E-state index in [1.165, 1.54) is 0 Å². The van der Waals surface area contributed by atoms with Crippen molar-refractivity contribution >= 4 is 17.5 Å². The third-order valence-corrected chi connectivity index (χ3v) is 4.26. The summed E-state index contributed by atoms with van der Waals surface area (Å²) in [6, 6.07) is 11.0. The number of amides is 1. The van der Waals surface area contributed by atoms with Crippen LogP contribution in [0.25, 0.3) is 0 Å². The van der Waals surface area contributed by atoms with E-state index in [1.54, 1.807) is 26.2 Å². The van der Waals surface area contributed by atoms with Gasteiger partial charge in [0.1, 0.15) is 11.5 Å². The molecule has 0 aliphatic heterocycles. The van der Waals surface area contributed by atoms with Crippen LogP contribution >= 0.6 is 11.6 Å². The number of benzene rings is 2. The van der Waals surface area contributed by atoms with Crippen molar-refractivity contribution in [2.75, 3.05) is 7.11 Å². The van der Waals surface area contributed by atoms with E-state index in [9.17, 15) is 4.79 Å². The van der Waals surface area contributed by atoms with Crippen molar-refractivity contribution in [1.82, 2.24) is 5.32 Å². The Balaban J connectivity index is 2.06. The van der Waals surface area contributed by atoms with Gasteiger partial charge >= 0.3 is 0 Å². The molecule has 0 radical (unpaired) electrons. The molecule has 0 fully saturated rings. The van der Waals surface area contributed by atoms with E-state index in [4.69, 9.17) is 21.1 Å². The first-order valence-corrected chi connectivity index (χ1v) is 8.57. The van der Waals surface area contributed by atoms with Crippen LogP contribution in [-0.4, -0.2) is 19.1 Å². The number of hydrogen-bond donors (Lipinski definition) is 1. The fraction of sp³-hybridized carbons (Fsp3) is 0.350. The predicted octanol–water partition coefficient (Wildman–Crippen LogP) is 4.61. The molecule has 2 aromatic carbocycles. The van der Waals surface area contributed by atoms with E-state index in [2.05, 4.69) is 5.32 Å². The summed E-state index contributed by atoms with van der Waals surface area (Å²) in [5, 5.41) is 3.62. The average molecular weight is 362 g/mol. The molecule has 2 unspecified atom stereocenters. The molecule has 1 N–H and O–H groups in total. The first-order chi connectivity index (χ1) is 11.8. The average Bonchev–Trinajstić information content (AvgIpc) is 2.57. The molecule has 0 heterocycles. The number of methoxy groups -OCH3 is 1. The SMILES string of the molecule is COc1ccc(C)cc1C(C)NC(=O)C(C)Oc1ccc(Cl)cc1C. The Labute approximate surface area is 154 Å². The van der Waals surface area contributed by atoms with Crippen LogP contribution in [0.15, 0.2) is 36.4 Å². The van der Waals surface area contributed by atoms with Gasteiger partial charge in [0.25, 0.3) is 5.91 Å². The van der Waals surface area contributed by atoms with Crippen molar-refractivity contribution < 1.29 is 14.3 Å². The van der Waals surface area contributed by atoms with Gasteiger partial charge in [0.05, 0.1) is 13.2 Å². The highest BCUT2D eigenvalue weighted by Crippen LogP contribution is 2.27. The molecular formula is C20H24ClNO3. The number of halogens is 1. The van der Waals surface area contributed by atoms with E-state index in [-0.39, 0.29) is 11.9 Å². The second-order valence-corrected chi connectivity index (χ2v) is 6.58. The number of nitrogens with one attached hydrogen (secondary N) is 1. The molecule has 0 bridgehead atoms. The molecule has 0 spiro atoms. The van der Waals surface area contributed by atoms with Crippen molar-refractivity contribution in [1.29, 1.82) is 0 Å². The minimum absolute atomic E-state index is 0.189. The standard InChI is InChI=1S/C20H24ClNO3/c1-12-6-8-19(24-5)17(10-12)14(3)22-20(23)15(4)25-18-9-7-16(21)11-13(18)2/h6-11,14-15H,1-5H3,(H,22,23). The Hall–Kier alpha value is -2.20. The van der Waals surface area contributed by atoms with Crippen molar-refractivity contribution in [3.05, 3.63) is 58.1 Å². The number of hydrogen-bond acceptors (Lipinski definition) is 3. The number of ether oxygens (including phenoxy) is 2. The summed E-state index contributed by atoms with van der Waals surface area (Å²) in [6.45, 7) is 7.55. The van der Waals surface area contributed by atoms with Gasteiger partial charge < -0.3 is 14.8 Å². The zero-order valence-corrected chi connectivity index (χ0v) is 16.0. The number of carbonyl (C=O) groups excluding carboxylic acids is 1. The lowest BCUT2D eigenvalue weighted by Gasteiger charge is -2.21. The van der Waals surface area contributed by atoms with E-state index in [1.807, 2.05) is 45.0 Å². The molecule has 0 saturated heterocycles. The van der Waals surface area contributed by atoms with E-state index in [0.29, 0.717) is 10.8 Å². The molecular weight excluding hydrogens is 338 g/mol. The molecule has 25 heavy (non-hydrogen) atoms. The zero-order chi connectivity index (χ0) is 18.6. The van der Waals surface area contributed by atoms with Gasteiger partial charge in [-0.15, -0.1) is 0 Å². The summed E-state index contributed by atoms with van der Waals surface area (Å²) < 4.78 is 11.2. The molecule has 4 nitrogen and oxygen atoms in total. The molecule has 0 aliphatic rings. The molecule has 2 atom stereocenters. The van der Waals surface area contributed by atoms with Crippen LogP contribution in [-0.2, 0) is 4.79 Å². The summed E-state index contributed by atoms with van der Waals surface area (Å²) in [7, 11) is 1.62. The predicted molar refractivity (Wildman–Crippen MR) is 101 cm³/mol. The van der Waals surface area contributed by atoms with E-state index >= 15 is 0 Å². The van der Waals surface area contributed by atoms with Crippen LogP contribution in [0.1, 0.15) is 36.6 Å². The first kappa shape index (κ1) is 19.1. The van der Waals surface area contributed by atoms with Gasteiger partial charge in [0, 0.05) is 10.6 Å². The van der Waals surface area contributed by atoms with Gasteiger partial charge in [-0.25, -0.2) is 0 Å². The largest absolute Gasteiger partial charge is 0.496 e. The highest BCUT2D eigenvalue weighted by atomic mass is 35.5. The van der Waals surface area contributed by atoms with Crippen LogP contribution in [0.4, 0.5) is 0 Å². The van der Waals surface area contributed by atoms with Crippen LogP contribution < -0.4 is 14.8 Å². The lowest BCUT2D eigenvalue weighted by Crippen LogP contribution is -2.38. The van der Waals surface area contributed by atoms with Gasteiger partial charge in [0.2, 0.25) is 0 Å².